The van der Waals surface area contributed by atoms with Gasteiger partial charge in [0.1, 0.15) is 11.3 Å². The van der Waals surface area contributed by atoms with E-state index in [9.17, 15) is 9.59 Å². The van der Waals surface area contributed by atoms with Gasteiger partial charge in [0, 0.05) is 13.1 Å². The molecule has 2 aromatic carbocycles. The van der Waals surface area contributed by atoms with Crippen molar-refractivity contribution in [3.63, 3.8) is 0 Å². The highest BCUT2D eigenvalue weighted by Gasteiger charge is 2.27. The van der Waals surface area contributed by atoms with Gasteiger partial charge in [-0.25, -0.2) is 9.78 Å². The van der Waals surface area contributed by atoms with Crippen LogP contribution in [0, 0.1) is 0 Å². The summed E-state index contributed by atoms with van der Waals surface area (Å²) in [6, 6.07) is 10.1. The molecule has 3 aromatic rings. The van der Waals surface area contributed by atoms with Gasteiger partial charge in [-0.2, -0.15) is 0 Å². The largest absolute Gasteiger partial charge is 0.494 e. The zero-order valence-corrected chi connectivity index (χ0v) is 21.4. The molecule has 33 heavy (non-hydrogen) atoms. The van der Waals surface area contributed by atoms with Gasteiger partial charge < -0.3 is 14.4 Å². The Hall–Kier alpha value is -2.39. The highest BCUT2D eigenvalue weighted by molar-refractivity contribution is 7.23. The summed E-state index contributed by atoms with van der Waals surface area (Å²) in [6.07, 6.45) is 0. The Bertz CT molecular complexity index is 1120. The number of anilines is 1. The number of amides is 1. The Morgan fingerprint density at radius 1 is 1.03 bits per heavy atom. The number of thiazole rings is 1. The van der Waals surface area contributed by atoms with Crippen molar-refractivity contribution in [2.24, 2.45) is 0 Å². The van der Waals surface area contributed by atoms with E-state index in [4.69, 9.17) is 26.1 Å². The van der Waals surface area contributed by atoms with Crippen molar-refractivity contribution in [2.75, 3.05) is 45.3 Å². The number of esters is 1. The van der Waals surface area contributed by atoms with Crippen molar-refractivity contribution in [1.82, 2.24) is 9.88 Å². The van der Waals surface area contributed by atoms with E-state index >= 15 is 0 Å². The van der Waals surface area contributed by atoms with Gasteiger partial charge in [-0.05, 0) is 37.4 Å². The molecule has 10 heteroatoms. The molecule has 0 radical (unpaired) electrons. The Morgan fingerprint density at radius 2 is 1.70 bits per heavy atom. The quantitative estimate of drug-likeness (QED) is 0.369. The summed E-state index contributed by atoms with van der Waals surface area (Å²) in [5.74, 6) is -0.308. The number of benzene rings is 2. The Balaban J connectivity index is 0.00000385. The third-order valence-electron chi connectivity index (χ3n) is 5.24. The van der Waals surface area contributed by atoms with Crippen LogP contribution in [0.25, 0.3) is 10.2 Å². The van der Waals surface area contributed by atoms with E-state index in [-0.39, 0.29) is 29.4 Å². The first-order chi connectivity index (χ1) is 15.4. The molecule has 1 heterocycles. The lowest BCUT2D eigenvalue weighted by Gasteiger charge is -2.25. The van der Waals surface area contributed by atoms with Gasteiger partial charge >= 0.3 is 5.97 Å². The molecule has 0 saturated carbocycles. The maximum atomic E-state index is 13.7. The minimum absolute atomic E-state index is 0. The Morgan fingerprint density at radius 3 is 2.30 bits per heavy atom. The topological polar surface area (TPSA) is 72.0 Å². The lowest BCUT2D eigenvalue weighted by molar-refractivity contribution is 0.0597. The lowest BCUT2D eigenvalue weighted by Crippen LogP contribution is -2.39. The standard InChI is InChI=1S/C23H26ClN3O4S.ClH/c1-5-26(6-2)13-14-27(21(28)15-9-7-8-10-16(15)22(29)31-4)23-25-19-18(30-3)12-11-17(24)20(19)32-23;/h7-12H,5-6,13-14H2,1-4H3;1H. The average molecular weight is 512 g/mol. The van der Waals surface area contributed by atoms with Crippen molar-refractivity contribution in [3.8, 4) is 5.75 Å². The van der Waals surface area contributed by atoms with Gasteiger partial charge in [0.25, 0.3) is 5.91 Å². The van der Waals surface area contributed by atoms with E-state index < -0.39 is 5.97 Å². The molecule has 0 aliphatic heterocycles. The van der Waals surface area contributed by atoms with Crippen LogP contribution in [0.3, 0.4) is 0 Å². The smallest absolute Gasteiger partial charge is 0.338 e. The van der Waals surface area contributed by atoms with Gasteiger partial charge in [0.15, 0.2) is 5.13 Å². The van der Waals surface area contributed by atoms with Crippen LogP contribution in [0.2, 0.25) is 5.02 Å². The molecule has 178 valence electrons. The SMILES string of the molecule is CCN(CC)CCN(C(=O)c1ccccc1C(=O)OC)c1nc2c(OC)ccc(Cl)c2s1.Cl. The number of ether oxygens (including phenoxy) is 2. The number of nitrogens with zero attached hydrogens (tertiary/aromatic N) is 3. The number of likely N-dealkylation sites (N-methyl/N-ethyl adjacent to an activating group) is 1. The molecule has 0 unspecified atom stereocenters. The van der Waals surface area contributed by atoms with Crippen molar-refractivity contribution < 1.29 is 19.1 Å². The Kier molecular flexibility index (Phi) is 9.91. The number of hydrogen-bond donors (Lipinski definition) is 0. The highest BCUT2D eigenvalue weighted by atomic mass is 35.5. The molecular weight excluding hydrogens is 485 g/mol. The molecule has 0 N–H and O–H groups in total. The predicted molar refractivity (Wildman–Crippen MR) is 136 cm³/mol. The second-order valence-electron chi connectivity index (χ2n) is 6.94. The highest BCUT2D eigenvalue weighted by Crippen LogP contribution is 2.39. The fourth-order valence-electron chi connectivity index (χ4n) is 3.39. The summed E-state index contributed by atoms with van der Waals surface area (Å²) in [5.41, 5.74) is 1.07. The number of hydrogen-bond acceptors (Lipinski definition) is 7. The first-order valence-corrected chi connectivity index (χ1v) is 11.5. The molecule has 7 nitrogen and oxygen atoms in total. The van der Waals surface area contributed by atoms with E-state index in [0.717, 1.165) is 17.8 Å². The fraction of sp³-hybridized carbons (Fsp3) is 0.348. The molecular formula is C23H27Cl2N3O4S. The minimum Gasteiger partial charge on any atom is -0.494 e. The maximum absolute atomic E-state index is 13.7. The number of aromatic nitrogens is 1. The van der Waals surface area contributed by atoms with Gasteiger partial charge in [0.05, 0.1) is 35.1 Å². The lowest BCUT2D eigenvalue weighted by atomic mass is 10.1. The molecule has 0 fully saturated rings. The summed E-state index contributed by atoms with van der Waals surface area (Å²) in [7, 11) is 2.86. The van der Waals surface area contributed by atoms with Crippen LogP contribution in [0.4, 0.5) is 5.13 Å². The molecule has 0 atom stereocenters. The van der Waals surface area contributed by atoms with Crippen LogP contribution >= 0.6 is 35.3 Å². The molecule has 0 aliphatic carbocycles. The van der Waals surface area contributed by atoms with Crippen LogP contribution in [0.15, 0.2) is 36.4 Å². The van der Waals surface area contributed by atoms with Gasteiger partial charge in [-0.15, -0.1) is 12.4 Å². The summed E-state index contributed by atoms with van der Waals surface area (Å²) < 4.78 is 11.0. The fourth-order valence-corrected chi connectivity index (χ4v) is 4.67. The number of methoxy groups -OCH3 is 2. The molecule has 3 rings (SSSR count). The van der Waals surface area contributed by atoms with Crippen LogP contribution in [0.1, 0.15) is 34.6 Å². The zero-order valence-electron chi connectivity index (χ0n) is 19.0. The third-order valence-corrected chi connectivity index (χ3v) is 6.78. The average Bonchev–Trinajstić information content (AvgIpc) is 3.27. The molecule has 0 aliphatic rings. The number of rotatable bonds is 9. The third kappa shape index (κ3) is 5.76. The van der Waals surface area contributed by atoms with Crippen molar-refractivity contribution in [3.05, 3.63) is 52.5 Å². The van der Waals surface area contributed by atoms with Crippen molar-refractivity contribution in [1.29, 1.82) is 0 Å². The summed E-state index contributed by atoms with van der Waals surface area (Å²) in [4.78, 5) is 34.5. The number of carbonyl (C=O) groups excluding carboxylic acids is 2. The molecule has 1 aromatic heterocycles. The molecule has 0 saturated heterocycles. The van der Waals surface area contributed by atoms with E-state index in [2.05, 4.69) is 18.7 Å². The summed E-state index contributed by atoms with van der Waals surface area (Å²) in [6.45, 7) is 6.92. The Labute approximate surface area is 208 Å². The predicted octanol–water partition coefficient (Wildman–Crippen LogP) is 5.16. The van der Waals surface area contributed by atoms with E-state index in [1.165, 1.54) is 18.4 Å². The van der Waals surface area contributed by atoms with Gasteiger partial charge in [-0.3, -0.25) is 9.69 Å². The van der Waals surface area contributed by atoms with Gasteiger partial charge in [0.2, 0.25) is 0 Å². The number of halogens is 2. The monoisotopic (exact) mass is 511 g/mol. The van der Waals surface area contributed by atoms with E-state index in [1.54, 1.807) is 48.4 Å². The molecule has 0 spiro atoms. The normalized spacial score (nSPS) is 10.7. The number of fused-ring (bicyclic) bond motifs is 1. The second-order valence-corrected chi connectivity index (χ2v) is 8.33. The van der Waals surface area contributed by atoms with Crippen molar-refractivity contribution in [2.45, 2.75) is 13.8 Å². The van der Waals surface area contributed by atoms with Crippen LogP contribution in [0.5, 0.6) is 5.75 Å². The minimum atomic E-state index is -0.563. The van der Waals surface area contributed by atoms with E-state index in [1.807, 2.05) is 0 Å². The second kappa shape index (κ2) is 12.2. The first kappa shape index (κ1) is 26.9. The summed E-state index contributed by atoms with van der Waals surface area (Å²) in [5, 5.41) is 1.03. The van der Waals surface area contributed by atoms with Crippen LogP contribution < -0.4 is 9.64 Å². The summed E-state index contributed by atoms with van der Waals surface area (Å²) >= 11 is 7.72. The first-order valence-electron chi connectivity index (χ1n) is 10.3. The molecule has 0 bridgehead atoms. The molecule has 1 amide bonds. The number of carbonyl (C=O) groups is 2. The van der Waals surface area contributed by atoms with E-state index in [0.29, 0.717) is 34.5 Å². The zero-order chi connectivity index (χ0) is 23.3. The maximum Gasteiger partial charge on any atom is 0.338 e. The van der Waals surface area contributed by atoms with Crippen molar-refractivity contribution >= 4 is 62.6 Å². The van der Waals surface area contributed by atoms with Crippen LogP contribution in [-0.2, 0) is 4.74 Å². The van der Waals surface area contributed by atoms with Gasteiger partial charge in [-0.1, -0.05) is 48.9 Å². The van der Waals surface area contributed by atoms with Crippen LogP contribution in [-0.4, -0.2) is 62.2 Å².